The van der Waals surface area contributed by atoms with Crippen LogP contribution in [-0.4, -0.2) is 35.6 Å². The number of phenols is 1. The molecule has 1 saturated heterocycles. The van der Waals surface area contributed by atoms with E-state index in [-0.39, 0.29) is 35.6 Å². The maximum absolute atomic E-state index is 13.8. The van der Waals surface area contributed by atoms with E-state index in [1.807, 2.05) is 12.1 Å². The lowest BCUT2D eigenvalue weighted by molar-refractivity contribution is -0.123. The molecule has 0 bridgehead atoms. The molecule has 4 atom stereocenters. The SMILES string of the molecule is COc1cc(O)ccc1C1C2=CCC3C(=O)N(c4ccccc4)C(=O)C3C2CC2=C1C(=O)C=C(C)C2=O. The minimum Gasteiger partial charge on any atom is -0.508 e. The highest BCUT2D eigenvalue weighted by atomic mass is 16.5. The smallest absolute Gasteiger partial charge is 0.238 e. The normalized spacial score (nSPS) is 26.9. The molecule has 3 aliphatic carbocycles. The first-order chi connectivity index (χ1) is 17.8. The summed E-state index contributed by atoms with van der Waals surface area (Å²) >= 11 is 0. The van der Waals surface area contributed by atoms with Crippen molar-refractivity contribution in [1.82, 2.24) is 0 Å². The van der Waals surface area contributed by atoms with Crippen LogP contribution in [0.3, 0.4) is 0 Å². The van der Waals surface area contributed by atoms with Crippen molar-refractivity contribution >= 4 is 29.1 Å². The van der Waals surface area contributed by atoms with Gasteiger partial charge in [-0.15, -0.1) is 0 Å². The second kappa shape index (κ2) is 8.40. The summed E-state index contributed by atoms with van der Waals surface area (Å²) in [7, 11) is 1.48. The Morgan fingerprint density at radius 1 is 0.973 bits per heavy atom. The highest BCUT2D eigenvalue weighted by Crippen LogP contribution is 2.56. The molecule has 4 unspecified atom stereocenters. The first-order valence-corrected chi connectivity index (χ1v) is 12.3. The zero-order valence-corrected chi connectivity index (χ0v) is 20.4. The Morgan fingerprint density at radius 3 is 2.46 bits per heavy atom. The lowest BCUT2D eigenvalue weighted by Gasteiger charge is -2.42. The first kappa shape index (κ1) is 23.2. The predicted octanol–water partition coefficient (Wildman–Crippen LogP) is 4.03. The van der Waals surface area contributed by atoms with Crippen molar-refractivity contribution in [2.45, 2.75) is 25.7 Å². The van der Waals surface area contributed by atoms with Crippen LogP contribution in [-0.2, 0) is 19.2 Å². The van der Waals surface area contributed by atoms with Crippen LogP contribution in [0.15, 0.2) is 83.0 Å². The van der Waals surface area contributed by atoms with Crippen molar-refractivity contribution in [3.8, 4) is 11.5 Å². The lowest BCUT2D eigenvalue weighted by atomic mass is 9.59. The summed E-state index contributed by atoms with van der Waals surface area (Å²) in [6.07, 6.45) is 3.92. The summed E-state index contributed by atoms with van der Waals surface area (Å²) in [6.45, 7) is 1.62. The molecule has 1 N–H and O–H groups in total. The number of benzene rings is 2. The number of nitrogens with zero attached hydrogens (tertiary/aromatic N) is 1. The number of imide groups is 1. The van der Waals surface area contributed by atoms with Crippen LogP contribution < -0.4 is 9.64 Å². The maximum Gasteiger partial charge on any atom is 0.238 e. The number of phenolic OH excluding ortho intramolecular Hbond substituents is 1. The molecular weight excluding hydrogens is 470 g/mol. The topological polar surface area (TPSA) is 101 Å². The van der Waals surface area contributed by atoms with Crippen LogP contribution in [0.5, 0.6) is 11.5 Å². The highest BCUT2D eigenvalue weighted by molar-refractivity contribution is 6.25. The van der Waals surface area contributed by atoms with E-state index in [1.54, 1.807) is 37.3 Å². The molecule has 6 rings (SSSR count). The van der Waals surface area contributed by atoms with Gasteiger partial charge in [0.2, 0.25) is 11.8 Å². The Hall–Kier alpha value is -4.26. The molecule has 0 saturated carbocycles. The zero-order valence-electron chi connectivity index (χ0n) is 20.4. The van der Waals surface area contributed by atoms with Crippen LogP contribution >= 0.6 is 0 Å². The number of carbonyl (C=O) groups is 4. The molecular formula is C30H25NO6. The van der Waals surface area contributed by atoms with Crippen molar-refractivity contribution in [2.24, 2.45) is 17.8 Å². The van der Waals surface area contributed by atoms with E-state index >= 15 is 0 Å². The van der Waals surface area contributed by atoms with Crippen molar-refractivity contribution in [3.63, 3.8) is 0 Å². The number of ketones is 2. The van der Waals surface area contributed by atoms with E-state index in [4.69, 9.17) is 4.74 Å². The molecule has 7 heteroatoms. The third-order valence-electron chi connectivity index (χ3n) is 8.10. The molecule has 0 aromatic heterocycles. The van der Waals surface area contributed by atoms with Gasteiger partial charge in [-0.25, -0.2) is 0 Å². The third-order valence-corrected chi connectivity index (χ3v) is 8.10. The lowest BCUT2D eigenvalue weighted by Crippen LogP contribution is -2.39. The number of aromatic hydroxyl groups is 1. The second-order valence-electron chi connectivity index (χ2n) is 10.0. The summed E-state index contributed by atoms with van der Waals surface area (Å²) in [5.41, 5.74) is 3.15. The number of carbonyl (C=O) groups excluding carboxylic acids is 4. The van der Waals surface area contributed by atoms with Crippen LogP contribution in [0.1, 0.15) is 31.2 Å². The molecule has 1 aliphatic heterocycles. The van der Waals surface area contributed by atoms with Crippen molar-refractivity contribution < 1.29 is 29.0 Å². The van der Waals surface area contributed by atoms with Gasteiger partial charge in [-0.1, -0.05) is 35.9 Å². The molecule has 0 radical (unpaired) electrons. The Kier molecular flexibility index (Phi) is 5.26. The second-order valence-corrected chi connectivity index (χ2v) is 10.0. The molecule has 4 aliphatic rings. The molecule has 1 heterocycles. The summed E-state index contributed by atoms with van der Waals surface area (Å²) in [5.74, 6) is -2.80. The number of fused-ring (bicyclic) bond motifs is 3. The Morgan fingerprint density at radius 2 is 1.73 bits per heavy atom. The molecule has 7 nitrogen and oxygen atoms in total. The van der Waals surface area contributed by atoms with Crippen molar-refractivity contribution in [2.75, 3.05) is 12.0 Å². The zero-order chi connectivity index (χ0) is 26.0. The average molecular weight is 496 g/mol. The van der Waals surface area contributed by atoms with Crippen molar-refractivity contribution in [1.29, 1.82) is 0 Å². The molecule has 0 spiro atoms. The van der Waals surface area contributed by atoms with Crippen LogP contribution in [0.25, 0.3) is 0 Å². The van der Waals surface area contributed by atoms with Crippen molar-refractivity contribution in [3.05, 3.63) is 88.5 Å². The van der Waals surface area contributed by atoms with Gasteiger partial charge in [-0.2, -0.15) is 0 Å². The van der Waals surface area contributed by atoms with E-state index in [0.29, 0.717) is 40.1 Å². The molecule has 2 aromatic carbocycles. The van der Waals surface area contributed by atoms with Gasteiger partial charge < -0.3 is 9.84 Å². The summed E-state index contributed by atoms with van der Waals surface area (Å²) in [5, 5.41) is 10.1. The van der Waals surface area contributed by atoms with Crippen LogP contribution in [0, 0.1) is 17.8 Å². The Balaban J connectivity index is 1.52. The van der Waals surface area contributed by atoms with Gasteiger partial charge >= 0.3 is 0 Å². The average Bonchev–Trinajstić information content (AvgIpc) is 3.16. The third kappa shape index (κ3) is 3.34. The fourth-order valence-corrected chi connectivity index (χ4v) is 6.51. The molecule has 2 amide bonds. The van der Waals surface area contributed by atoms with Crippen LogP contribution in [0.4, 0.5) is 5.69 Å². The molecule has 1 fully saturated rings. The summed E-state index contributed by atoms with van der Waals surface area (Å²) in [4.78, 5) is 55.3. The molecule has 2 aromatic rings. The highest BCUT2D eigenvalue weighted by Gasteiger charge is 2.56. The number of hydrogen-bond acceptors (Lipinski definition) is 6. The van der Waals surface area contributed by atoms with Gasteiger partial charge in [0, 0.05) is 34.3 Å². The number of hydrogen-bond donors (Lipinski definition) is 1. The predicted molar refractivity (Wildman–Crippen MR) is 135 cm³/mol. The van der Waals surface area contributed by atoms with Gasteiger partial charge in [0.15, 0.2) is 11.6 Å². The minimum absolute atomic E-state index is 0.0108. The Bertz CT molecular complexity index is 1480. The largest absolute Gasteiger partial charge is 0.508 e. The number of ether oxygens (including phenoxy) is 1. The number of amides is 2. The standard InChI is InChI=1S/C30H25NO6/c1-15-12-23(33)27-22(28(15)34)14-21-18(25(27)19-9-8-17(32)13-24(19)37-2)10-11-20-26(21)30(36)31(29(20)35)16-6-4-3-5-7-16/h3-10,12-13,20-21,25-26,32H,11,14H2,1-2H3. The van der Waals surface area contributed by atoms with Gasteiger partial charge in [-0.05, 0) is 50.0 Å². The fraction of sp³-hybridized carbons (Fsp3) is 0.267. The first-order valence-electron chi connectivity index (χ1n) is 12.3. The van der Waals surface area contributed by atoms with Gasteiger partial charge in [0.05, 0.1) is 24.6 Å². The Labute approximate surface area is 213 Å². The van der Waals surface area contributed by atoms with Gasteiger partial charge in [0.25, 0.3) is 0 Å². The van der Waals surface area contributed by atoms with Gasteiger partial charge in [-0.3, -0.25) is 24.1 Å². The molecule has 186 valence electrons. The van der Waals surface area contributed by atoms with E-state index < -0.39 is 23.7 Å². The minimum atomic E-state index is -0.638. The van der Waals surface area contributed by atoms with E-state index in [0.717, 1.165) is 5.57 Å². The van der Waals surface area contributed by atoms with E-state index in [9.17, 15) is 24.3 Å². The number of anilines is 1. The summed E-state index contributed by atoms with van der Waals surface area (Å²) in [6, 6.07) is 13.6. The maximum atomic E-state index is 13.8. The van der Waals surface area contributed by atoms with E-state index in [2.05, 4.69) is 0 Å². The number of rotatable bonds is 3. The number of Topliss-reactive ketones (excluding diaryl/α,β-unsaturated/α-hetero) is 1. The van der Waals surface area contributed by atoms with E-state index in [1.165, 1.54) is 30.2 Å². The monoisotopic (exact) mass is 495 g/mol. The van der Waals surface area contributed by atoms with Crippen LogP contribution in [0.2, 0.25) is 0 Å². The summed E-state index contributed by atoms with van der Waals surface area (Å²) < 4.78 is 5.57. The number of allylic oxidation sites excluding steroid dienone is 6. The molecule has 37 heavy (non-hydrogen) atoms. The number of methoxy groups -OCH3 is 1. The number of para-hydroxylation sites is 1. The van der Waals surface area contributed by atoms with Gasteiger partial charge in [0.1, 0.15) is 11.5 Å². The fourth-order valence-electron chi connectivity index (χ4n) is 6.51. The quantitative estimate of drug-likeness (QED) is 0.392.